The first-order valence-corrected chi connectivity index (χ1v) is 9.38. The van der Waals surface area contributed by atoms with Gasteiger partial charge in [-0.15, -0.1) is 5.10 Å². The molecule has 1 aromatic carbocycles. The maximum absolute atomic E-state index is 14.1. The van der Waals surface area contributed by atoms with Crippen LogP contribution < -0.4 is 4.90 Å². The maximum atomic E-state index is 14.1. The number of aryl methyl sites for hydroxylation is 1. The molecule has 27 heavy (non-hydrogen) atoms. The first kappa shape index (κ1) is 17.6. The monoisotopic (exact) mass is 403 g/mol. The van der Waals surface area contributed by atoms with E-state index in [0.717, 1.165) is 28.9 Å². The van der Waals surface area contributed by atoms with Gasteiger partial charge in [0.2, 0.25) is 0 Å². The Morgan fingerprint density at radius 2 is 2.11 bits per heavy atom. The Labute approximate surface area is 160 Å². The zero-order valence-electron chi connectivity index (χ0n) is 13.9. The molecule has 3 heterocycles. The number of pyridine rings is 1. The Kier molecular flexibility index (Phi) is 4.58. The molecule has 0 aliphatic carbocycles. The van der Waals surface area contributed by atoms with Crippen LogP contribution in [0.5, 0.6) is 0 Å². The Hall–Kier alpha value is -2.85. The fourth-order valence-corrected chi connectivity index (χ4v) is 4.10. The van der Waals surface area contributed by atoms with Crippen LogP contribution >= 0.6 is 22.9 Å². The van der Waals surface area contributed by atoms with E-state index < -0.39 is 11.6 Å². The quantitative estimate of drug-likeness (QED) is 0.515. The molecule has 0 saturated heterocycles. The number of aromatic nitrogens is 4. The number of nitrogens with zero attached hydrogens (tertiary/aromatic N) is 5. The summed E-state index contributed by atoms with van der Waals surface area (Å²) in [7, 11) is 0. The number of benzene rings is 1. The maximum Gasteiger partial charge on any atom is 0.274 e. The zero-order chi connectivity index (χ0) is 19.0. The minimum Gasteiger partial charge on any atom is -0.277 e. The van der Waals surface area contributed by atoms with Crippen LogP contribution in [-0.4, -0.2) is 25.5 Å². The van der Waals surface area contributed by atoms with Crippen molar-refractivity contribution in [3.05, 3.63) is 64.4 Å². The minimum absolute atomic E-state index is 0.0226. The summed E-state index contributed by atoms with van der Waals surface area (Å²) in [5.74, 6) is -1.83. The van der Waals surface area contributed by atoms with E-state index >= 15 is 0 Å². The fourth-order valence-electron chi connectivity index (χ4n) is 2.49. The third kappa shape index (κ3) is 3.40. The molecular formula is C17H11F2N5OS2. The molecule has 10 heteroatoms. The highest BCUT2D eigenvalue weighted by Crippen LogP contribution is 2.33. The van der Waals surface area contributed by atoms with Gasteiger partial charge in [-0.3, -0.25) is 14.7 Å². The van der Waals surface area contributed by atoms with Crippen molar-refractivity contribution in [2.24, 2.45) is 0 Å². The molecule has 1 amide bonds. The lowest BCUT2D eigenvalue weighted by atomic mass is 10.3. The minimum atomic E-state index is -0.770. The number of rotatable bonds is 4. The van der Waals surface area contributed by atoms with E-state index in [1.54, 1.807) is 31.3 Å². The van der Waals surface area contributed by atoms with E-state index in [4.69, 9.17) is 0 Å². The van der Waals surface area contributed by atoms with E-state index in [9.17, 15) is 13.6 Å². The summed E-state index contributed by atoms with van der Waals surface area (Å²) in [6.45, 7) is 1.81. The van der Waals surface area contributed by atoms with Gasteiger partial charge in [-0.25, -0.2) is 13.8 Å². The van der Waals surface area contributed by atoms with Crippen LogP contribution in [0.25, 0.3) is 10.2 Å². The van der Waals surface area contributed by atoms with E-state index in [-0.39, 0.29) is 23.1 Å². The van der Waals surface area contributed by atoms with Crippen LogP contribution in [0.4, 0.5) is 13.9 Å². The molecule has 0 aliphatic rings. The lowest BCUT2D eigenvalue weighted by Gasteiger charge is -2.18. The van der Waals surface area contributed by atoms with Gasteiger partial charge in [0, 0.05) is 12.3 Å². The molecule has 0 fully saturated rings. The summed E-state index contributed by atoms with van der Waals surface area (Å²) in [6.07, 6.45) is 1.62. The van der Waals surface area contributed by atoms with Crippen molar-refractivity contribution >= 4 is 44.1 Å². The average molecular weight is 403 g/mol. The number of thiazole rings is 1. The average Bonchev–Trinajstić information content (AvgIpc) is 3.26. The van der Waals surface area contributed by atoms with Crippen molar-refractivity contribution in [2.75, 3.05) is 4.90 Å². The van der Waals surface area contributed by atoms with Gasteiger partial charge in [0.05, 0.1) is 22.6 Å². The van der Waals surface area contributed by atoms with Gasteiger partial charge in [-0.1, -0.05) is 21.9 Å². The van der Waals surface area contributed by atoms with E-state index in [2.05, 4.69) is 19.6 Å². The summed E-state index contributed by atoms with van der Waals surface area (Å²) < 4.78 is 31.7. The number of carbonyl (C=O) groups excluding carboxylic acids is 1. The third-order valence-corrected chi connectivity index (χ3v) is 5.61. The highest BCUT2D eigenvalue weighted by molar-refractivity contribution is 7.22. The lowest BCUT2D eigenvalue weighted by Crippen LogP contribution is -2.30. The second kappa shape index (κ2) is 7.05. The number of fused-ring (bicyclic) bond motifs is 1. The second-order valence-electron chi connectivity index (χ2n) is 5.63. The summed E-state index contributed by atoms with van der Waals surface area (Å²) in [4.78, 5) is 23.3. The van der Waals surface area contributed by atoms with Crippen LogP contribution in [0.3, 0.4) is 0 Å². The molecular weight excluding hydrogens is 392 g/mol. The molecule has 0 N–H and O–H groups in total. The number of carbonyl (C=O) groups is 1. The molecule has 3 aromatic heterocycles. The zero-order valence-corrected chi connectivity index (χ0v) is 15.5. The molecule has 0 spiro atoms. The number of amides is 1. The topological polar surface area (TPSA) is 71.9 Å². The molecule has 0 radical (unpaired) electrons. The Balaban J connectivity index is 1.81. The largest absolute Gasteiger partial charge is 0.277 e. The van der Waals surface area contributed by atoms with Crippen LogP contribution in [0, 0.1) is 18.6 Å². The number of hydrogen-bond acceptors (Lipinski definition) is 7. The standard InChI is InChI=1S/C17H11F2N5OS2/c1-9-15(27-23-22-9)16(25)24(8-11-4-2-3-5-20-11)17-21-14-12(19)6-10(18)7-13(14)26-17/h2-7H,8H2,1H3. The van der Waals surface area contributed by atoms with Gasteiger partial charge in [-0.05, 0) is 36.7 Å². The summed E-state index contributed by atoms with van der Waals surface area (Å²) in [5, 5.41) is 4.12. The summed E-state index contributed by atoms with van der Waals surface area (Å²) >= 11 is 2.01. The van der Waals surface area contributed by atoms with Crippen LogP contribution in [0.1, 0.15) is 21.1 Å². The number of hydrogen-bond donors (Lipinski definition) is 0. The summed E-state index contributed by atoms with van der Waals surface area (Å²) in [5.41, 5.74) is 1.15. The number of halogens is 2. The first-order chi connectivity index (χ1) is 13.0. The first-order valence-electron chi connectivity index (χ1n) is 7.79. The van der Waals surface area contributed by atoms with Crippen molar-refractivity contribution < 1.29 is 13.6 Å². The lowest BCUT2D eigenvalue weighted by molar-refractivity contribution is 0.0988. The molecule has 136 valence electrons. The van der Waals surface area contributed by atoms with Gasteiger partial charge in [-0.2, -0.15) is 0 Å². The molecule has 0 unspecified atom stereocenters. The highest BCUT2D eigenvalue weighted by Gasteiger charge is 2.26. The number of anilines is 1. The second-order valence-corrected chi connectivity index (χ2v) is 7.39. The van der Waals surface area contributed by atoms with Crippen LogP contribution in [-0.2, 0) is 6.54 Å². The van der Waals surface area contributed by atoms with Crippen molar-refractivity contribution in [1.29, 1.82) is 0 Å². The van der Waals surface area contributed by atoms with Gasteiger partial charge >= 0.3 is 0 Å². The predicted molar refractivity (Wildman–Crippen MR) is 98.9 cm³/mol. The van der Waals surface area contributed by atoms with Gasteiger partial charge in [0.1, 0.15) is 16.2 Å². The fraction of sp³-hybridized carbons (Fsp3) is 0.118. The van der Waals surface area contributed by atoms with Gasteiger partial charge in [0.15, 0.2) is 10.9 Å². The van der Waals surface area contributed by atoms with Crippen LogP contribution in [0.15, 0.2) is 36.5 Å². The van der Waals surface area contributed by atoms with Crippen LogP contribution in [0.2, 0.25) is 0 Å². The Morgan fingerprint density at radius 1 is 1.26 bits per heavy atom. The van der Waals surface area contributed by atoms with Crippen molar-refractivity contribution in [2.45, 2.75) is 13.5 Å². The van der Waals surface area contributed by atoms with E-state index in [1.807, 2.05) is 0 Å². The molecule has 4 aromatic rings. The van der Waals surface area contributed by atoms with Crippen molar-refractivity contribution in [1.82, 2.24) is 19.6 Å². The van der Waals surface area contributed by atoms with Crippen molar-refractivity contribution in [3.63, 3.8) is 0 Å². The predicted octanol–water partition coefficient (Wildman–Crippen LogP) is 3.98. The molecule has 0 saturated carbocycles. The van der Waals surface area contributed by atoms with Gasteiger partial charge < -0.3 is 0 Å². The smallest absolute Gasteiger partial charge is 0.274 e. The molecule has 4 rings (SSSR count). The Bertz CT molecular complexity index is 1130. The molecule has 0 aliphatic heterocycles. The van der Waals surface area contributed by atoms with Gasteiger partial charge in [0.25, 0.3) is 5.91 Å². The molecule has 0 atom stereocenters. The summed E-state index contributed by atoms with van der Waals surface area (Å²) in [6, 6.07) is 7.31. The third-order valence-electron chi connectivity index (χ3n) is 3.77. The molecule has 0 bridgehead atoms. The van der Waals surface area contributed by atoms with E-state index in [1.165, 1.54) is 11.0 Å². The van der Waals surface area contributed by atoms with E-state index in [0.29, 0.717) is 21.0 Å². The highest BCUT2D eigenvalue weighted by atomic mass is 32.1. The molecule has 6 nitrogen and oxygen atoms in total. The normalized spacial score (nSPS) is 11.1. The SMILES string of the molecule is Cc1nnsc1C(=O)N(Cc1ccccn1)c1nc2c(F)cc(F)cc2s1. The Morgan fingerprint density at radius 3 is 2.81 bits per heavy atom. The van der Waals surface area contributed by atoms with Crippen molar-refractivity contribution in [3.8, 4) is 0 Å².